The first-order valence-corrected chi connectivity index (χ1v) is 6.39. The van der Waals surface area contributed by atoms with Crippen molar-refractivity contribution in [1.82, 2.24) is 10.2 Å². The standard InChI is InChI=1S/C10H10N2OS2/c1-13-8-5-3-7(4-6-8)9-11-12-10(14-2)15-9/h3-6H,1-2H3. The summed E-state index contributed by atoms with van der Waals surface area (Å²) in [5, 5.41) is 9.12. The lowest BCUT2D eigenvalue weighted by molar-refractivity contribution is 0.415. The molecule has 0 N–H and O–H groups in total. The Kier molecular flexibility index (Phi) is 3.23. The van der Waals surface area contributed by atoms with Gasteiger partial charge in [0, 0.05) is 5.56 Å². The zero-order valence-corrected chi connectivity index (χ0v) is 10.1. The first kappa shape index (κ1) is 10.4. The van der Waals surface area contributed by atoms with Crippen LogP contribution < -0.4 is 4.74 Å². The summed E-state index contributed by atoms with van der Waals surface area (Å²) in [4.78, 5) is 0. The molecule has 2 rings (SSSR count). The molecule has 0 saturated heterocycles. The molecule has 1 aromatic carbocycles. The average molecular weight is 238 g/mol. The Hall–Kier alpha value is -1.07. The van der Waals surface area contributed by atoms with E-state index in [4.69, 9.17) is 4.74 Å². The van der Waals surface area contributed by atoms with Crippen molar-refractivity contribution < 1.29 is 4.74 Å². The Morgan fingerprint density at radius 3 is 2.47 bits per heavy atom. The first-order chi connectivity index (χ1) is 7.33. The molecule has 0 aliphatic rings. The molecule has 5 heteroatoms. The van der Waals surface area contributed by atoms with Crippen LogP contribution >= 0.6 is 23.1 Å². The van der Waals surface area contributed by atoms with Crippen LogP contribution in [0.3, 0.4) is 0 Å². The van der Waals surface area contributed by atoms with Gasteiger partial charge in [0.25, 0.3) is 0 Å². The molecule has 0 unspecified atom stereocenters. The van der Waals surface area contributed by atoms with Crippen LogP contribution in [0.4, 0.5) is 0 Å². The van der Waals surface area contributed by atoms with Crippen molar-refractivity contribution in [2.45, 2.75) is 4.34 Å². The van der Waals surface area contributed by atoms with Crippen LogP contribution in [0, 0.1) is 0 Å². The largest absolute Gasteiger partial charge is 0.497 e. The predicted molar refractivity (Wildman–Crippen MR) is 63.7 cm³/mol. The Bertz CT molecular complexity index is 439. The first-order valence-electron chi connectivity index (χ1n) is 4.35. The van der Waals surface area contributed by atoms with Gasteiger partial charge in [0.1, 0.15) is 10.8 Å². The van der Waals surface area contributed by atoms with E-state index in [9.17, 15) is 0 Å². The van der Waals surface area contributed by atoms with E-state index in [1.165, 1.54) is 0 Å². The van der Waals surface area contributed by atoms with Crippen molar-refractivity contribution in [1.29, 1.82) is 0 Å². The maximum absolute atomic E-state index is 5.09. The minimum absolute atomic E-state index is 0.855. The maximum atomic E-state index is 5.09. The number of rotatable bonds is 3. The lowest BCUT2D eigenvalue weighted by Crippen LogP contribution is -1.82. The number of aromatic nitrogens is 2. The fourth-order valence-electron chi connectivity index (χ4n) is 1.14. The Morgan fingerprint density at radius 1 is 1.20 bits per heavy atom. The fraction of sp³-hybridized carbons (Fsp3) is 0.200. The smallest absolute Gasteiger partial charge is 0.174 e. The molecule has 0 aliphatic heterocycles. The summed E-state index contributed by atoms with van der Waals surface area (Å²) in [6.07, 6.45) is 2.00. The topological polar surface area (TPSA) is 35.0 Å². The van der Waals surface area contributed by atoms with Crippen LogP contribution in [0.5, 0.6) is 5.75 Å². The number of thioether (sulfide) groups is 1. The zero-order chi connectivity index (χ0) is 10.7. The number of hydrogen-bond donors (Lipinski definition) is 0. The van der Waals surface area contributed by atoms with E-state index in [1.54, 1.807) is 30.2 Å². The second-order valence-electron chi connectivity index (χ2n) is 2.81. The molecule has 78 valence electrons. The highest BCUT2D eigenvalue weighted by Gasteiger charge is 2.05. The SMILES string of the molecule is COc1ccc(-c2nnc(SC)s2)cc1. The van der Waals surface area contributed by atoms with Crippen molar-refractivity contribution in [3.8, 4) is 16.3 Å². The van der Waals surface area contributed by atoms with Crippen LogP contribution in [-0.4, -0.2) is 23.6 Å². The maximum Gasteiger partial charge on any atom is 0.174 e. The van der Waals surface area contributed by atoms with Crippen LogP contribution in [0.2, 0.25) is 0 Å². The van der Waals surface area contributed by atoms with Crippen molar-refractivity contribution in [2.24, 2.45) is 0 Å². The van der Waals surface area contributed by atoms with Gasteiger partial charge in [-0.1, -0.05) is 23.1 Å². The molecule has 1 heterocycles. The third-order valence-corrected chi connectivity index (χ3v) is 3.87. The average Bonchev–Trinajstić information content (AvgIpc) is 2.78. The van der Waals surface area contributed by atoms with Crippen molar-refractivity contribution in [3.05, 3.63) is 24.3 Å². The summed E-state index contributed by atoms with van der Waals surface area (Å²) >= 11 is 3.21. The van der Waals surface area contributed by atoms with Gasteiger partial charge in [-0.05, 0) is 30.5 Å². The minimum Gasteiger partial charge on any atom is -0.497 e. The molecule has 0 saturated carbocycles. The van der Waals surface area contributed by atoms with E-state index in [0.717, 1.165) is 20.7 Å². The van der Waals surface area contributed by atoms with Crippen LogP contribution in [0.25, 0.3) is 10.6 Å². The van der Waals surface area contributed by atoms with Gasteiger partial charge in [0.2, 0.25) is 0 Å². The Balaban J connectivity index is 2.28. The number of methoxy groups -OCH3 is 1. The van der Waals surface area contributed by atoms with Gasteiger partial charge in [-0.15, -0.1) is 10.2 Å². The second-order valence-corrected chi connectivity index (χ2v) is 4.84. The van der Waals surface area contributed by atoms with Crippen molar-refractivity contribution in [3.63, 3.8) is 0 Å². The summed E-state index contributed by atoms with van der Waals surface area (Å²) in [5.74, 6) is 0.855. The molecule has 0 amide bonds. The lowest BCUT2D eigenvalue weighted by Gasteiger charge is -1.99. The molecule has 0 fully saturated rings. The van der Waals surface area contributed by atoms with E-state index in [1.807, 2.05) is 30.5 Å². The minimum atomic E-state index is 0.855. The molecule has 15 heavy (non-hydrogen) atoms. The van der Waals surface area contributed by atoms with E-state index in [2.05, 4.69) is 10.2 Å². The highest BCUT2D eigenvalue weighted by molar-refractivity contribution is 8.00. The molecule has 2 aromatic rings. The number of benzene rings is 1. The number of ether oxygens (including phenoxy) is 1. The van der Waals surface area contributed by atoms with E-state index >= 15 is 0 Å². The zero-order valence-electron chi connectivity index (χ0n) is 8.43. The van der Waals surface area contributed by atoms with Gasteiger partial charge in [-0.2, -0.15) is 0 Å². The van der Waals surface area contributed by atoms with Crippen LogP contribution in [0.15, 0.2) is 28.6 Å². The van der Waals surface area contributed by atoms with Gasteiger partial charge in [-0.3, -0.25) is 0 Å². The normalized spacial score (nSPS) is 10.3. The van der Waals surface area contributed by atoms with E-state index in [-0.39, 0.29) is 0 Å². The Labute approximate surface area is 96.5 Å². The van der Waals surface area contributed by atoms with Crippen LogP contribution in [0.1, 0.15) is 0 Å². The van der Waals surface area contributed by atoms with Crippen LogP contribution in [-0.2, 0) is 0 Å². The van der Waals surface area contributed by atoms with Gasteiger partial charge in [0.15, 0.2) is 4.34 Å². The van der Waals surface area contributed by atoms with Gasteiger partial charge in [0.05, 0.1) is 7.11 Å². The van der Waals surface area contributed by atoms with Gasteiger partial charge >= 0.3 is 0 Å². The molecule has 0 atom stereocenters. The summed E-state index contributed by atoms with van der Waals surface area (Å²) in [6.45, 7) is 0. The Morgan fingerprint density at radius 2 is 1.93 bits per heavy atom. The third kappa shape index (κ3) is 2.30. The number of nitrogens with zero attached hydrogens (tertiary/aromatic N) is 2. The highest BCUT2D eigenvalue weighted by Crippen LogP contribution is 2.28. The summed E-state index contributed by atoms with van der Waals surface area (Å²) in [7, 11) is 1.66. The molecular weight excluding hydrogens is 228 g/mol. The molecular formula is C10H10N2OS2. The monoisotopic (exact) mass is 238 g/mol. The lowest BCUT2D eigenvalue weighted by atomic mass is 10.2. The highest BCUT2D eigenvalue weighted by atomic mass is 32.2. The van der Waals surface area contributed by atoms with Gasteiger partial charge in [-0.25, -0.2) is 0 Å². The quantitative estimate of drug-likeness (QED) is 0.770. The van der Waals surface area contributed by atoms with Gasteiger partial charge < -0.3 is 4.74 Å². The molecule has 0 aliphatic carbocycles. The van der Waals surface area contributed by atoms with E-state index in [0.29, 0.717) is 0 Å². The van der Waals surface area contributed by atoms with E-state index < -0.39 is 0 Å². The van der Waals surface area contributed by atoms with Crippen molar-refractivity contribution in [2.75, 3.05) is 13.4 Å². The fourth-order valence-corrected chi connectivity index (χ4v) is 2.42. The molecule has 0 bridgehead atoms. The number of hydrogen-bond acceptors (Lipinski definition) is 5. The molecule has 1 aromatic heterocycles. The second kappa shape index (κ2) is 4.63. The molecule has 3 nitrogen and oxygen atoms in total. The summed E-state index contributed by atoms with van der Waals surface area (Å²) < 4.78 is 6.08. The molecule has 0 radical (unpaired) electrons. The molecule has 0 spiro atoms. The third-order valence-electron chi connectivity index (χ3n) is 1.92. The summed E-state index contributed by atoms with van der Waals surface area (Å²) in [5.41, 5.74) is 1.08. The summed E-state index contributed by atoms with van der Waals surface area (Å²) in [6, 6.07) is 7.83. The predicted octanol–water partition coefficient (Wildman–Crippen LogP) is 2.94. The van der Waals surface area contributed by atoms with Crippen molar-refractivity contribution >= 4 is 23.1 Å².